The van der Waals surface area contributed by atoms with E-state index in [1.165, 1.54) is 0 Å². The normalized spacial score (nSPS) is 44.2. The van der Waals surface area contributed by atoms with Crippen LogP contribution in [0.25, 0.3) is 0 Å². The van der Waals surface area contributed by atoms with Crippen LogP contribution >= 0.6 is 11.8 Å². The molecule has 0 aromatic carbocycles. The summed E-state index contributed by atoms with van der Waals surface area (Å²) < 4.78 is 0. The Bertz CT molecular complexity index is 231. The molecule has 2 rings (SSSR count). The van der Waals surface area contributed by atoms with Crippen molar-refractivity contribution >= 4 is 11.8 Å². The predicted molar refractivity (Wildman–Crippen MR) is 65.2 cm³/mol. The highest BCUT2D eigenvalue weighted by molar-refractivity contribution is 7.99. The lowest BCUT2D eigenvalue weighted by atomic mass is 9.75. The summed E-state index contributed by atoms with van der Waals surface area (Å²) in [5.74, 6) is 2.03. The first kappa shape index (κ1) is 11.7. The number of rotatable bonds is 1. The SMILES string of the molecule is CN1CCCC(O)(C2(N)CCSC2)CC1. The zero-order valence-electron chi connectivity index (χ0n) is 9.54. The van der Waals surface area contributed by atoms with Gasteiger partial charge >= 0.3 is 0 Å². The molecule has 3 nitrogen and oxygen atoms in total. The summed E-state index contributed by atoms with van der Waals surface area (Å²) in [5.41, 5.74) is 5.44. The second-order valence-corrected chi connectivity index (χ2v) is 6.25. The first-order chi connectivity index (χ1) is 7.06. The number of hydrogen-bond acceptors (Lipinski definition) is 4. The van der Waals surface area contributed by atoms with Gasteiger partial charge in [-0.2, -0.15) is 11.8 Å². The average Bonchev–Trinajstić information content (AvgIpc) is 2.56. The fraction of sp³-hybridized carbons (Fsp3) is 1.00. The summed E-state index contributed by atoms with van der Waals surface area (Å²) >= 11 is 1.88. The first-order valence-electron chi connectivity index (χ1n) is 5.83. The number of thioether (sulfide) groups is 1. The molecule has 0 aromatic heterocycles. The van der Waals surface area contributed by atoms with Crippen molar-refractivity contribution in [3.63, 3.8) is 0 Å². The van der Waals surface area contributed by atoms with Gasteiger partial charge in [0, 0.05) is 12.3 Å². The molecule has 2 saturated heterocycles. The lowest BCUT2D eigenvalue weighted by molar-refractivity contribution is -0.0373. The largest absolute Gasteiger partial charge is 0.388 e. The third kappa shape index (κ3) is 2.18. The smallest absolute Gasteiger partial charge is 0.0847 e. The van der Waals surface area contributed by atoms with E-state index in [2.05, 4.69) is 11.9 Å². The van der Waals surface area contributed by atoms with Crippen molar-refractivity contribution in [1.29, 1.82) is 0 Å². The molecular formula is C11H22N2OS. The van der Waals surface area contributed by atoms with Gasteiger partial charge in [-0.15, -0.1) is 0 Å². The molecule has 2 fully saturated rings. The fourth-order valence-electron chi connectivity index (χ4n) is 2.70. The quantitative estimate of drug-likeness (QED) is 0.695. The Balaban J connectivity index is 2.10. The van der Waals surface area contributed by atoms with Crippen LogP contribution in [0.15, 0.2) is 0 Å². The van der Waals surface area contributed by atoms with E-state index >= 15 is 0 Å². The topological polar surface area (TPSA) is 49.5 Å². The molecule has 2 unspecified atom stereocenters. The standard InChI is InChI=1S/C11H22N2OS/c1-13-6-2-3-11(14,4-7-13)10(12)5-8-15-9-10/h14H,2-9,12H2,1H3. The minimum atomic E-state index is -0.624. The molecule has 2 aliphatic rings. The van der Waals surface area contributed by atoms with Crippen LogP contribution in [-0.2, 0) is 0 Å². The van der Waals surface area contributed by atoms with Gasteiger partial charge in [0.25, 0.3) is 0 Å². The third-order valence-corrected chi connectivity index (χ3v) is 5.23. The molecule has 0 aromatic rings. The van der Waals surface area contributed by atoms with E-state index in [0.717, 1.165) is 50.3 Å². The maximum absolute atomic E-state index is 10.8. The Morgan fingerprint density at radius 3 is 2.73 bits per heavy atom. The van der Waals surface area contributed by atoms with Crippen LogP contribution in [-0.4, -0.2) is 52.8 Å². The van der Waals surface area contributed by atoms with Crippen LogP contribution in [0.4, 0.5) is 0 Å². The van der Waals surface area contributed by atoms with Crippen molar-refractivity contribution in [2.45, 2.75) is 36.8 Å². The first-order valence-corrected chi connectivity index (χ1v) is 6.99. The molecule has 88 valence electrons. The van der Waals surface area contributed by atoms with Gasteiger partial charge < -0.3 is 15.7 Å². The molecule has 3 N–H and O–H groups in total. The molecule has 15 heavy (non-hydrogen) atoms. The van der Waals surface area contributed by atoms with Crippen LogP contribution in [0.5, 0.6) is 0 Å². The molecule has 0 aliphatic carbocycles. The van der Waals surface area contributed by atoms with Gasteiger partial charge in [-0.1, -0.05) is 0 Å². The second kappa shape index (κ2) is 4.24. The van der Waals surface area contributed by atoms with Crippen molar-refractivity contribution in [3.8, 4) is 0 Å². The molecule has 0 bridgehead atoms. The van der Waals surface area contributed by atoms with E-state index in [0.29, 0.717) is 0 Å². The van der Waals surface area contributed by atoms with E-state index in [9.17, 15) is 5.11 Å². The van der Waals surface area contributed by atoms with Gasteiger partial charge in [0.15, 0.2) is 0 Å². The Labute approximate surface area is 96.4 Å². The molecule has 4 heteroatoms. The molecule has 2 atom stereocenters. The predicted octanol–water partition coefficient (Wildman–Crippen LogP) is 0.668. The lowest BCUT2D eigenvalue weighted by Crippen LogP contribution is -2.61. The fourth-order valence-corrected chi connectivity index (χ4v) is 4.13. The Morgan fingerprint density at radius 1 is 1.27 bits per heavy atom. The maximum atomic E-state index is 10.8. The molecule has 0 radical (unpaired) electrons. The highest BCUT2D eigenvalue weighted by atomic mass is 32.2. The van der Waals surface area contributed by atoms with Crippen LogP contribution < -0.4 is 5.73 Å². The van der Waals surface area contributed by atoms with Gasteiger partial charge in [-0.3, -0.25) is 0 Å². The summed E-state index contributed by atoms with van der Waals surface area (Å²) in [6.07, 6.45) is 3.74. The zero-order valence-corrected chi connectivity index (χ0v) is 10.4. The van der Waals surface area contributed by atoms with E-state index in [1.807, 2.05) is 11.8 Å². The summed E-state index contributed by atoms with van der Waals surface area (Å²) in [6, 6.07) is 0. The van der Waals surface area contributed by atoms with Crippen LogP contribution in [0.1, 0.15) is 25.7 Å². The van der Waals surface area contributed by atoms with E-state index in [4.69, 9.17) is 5.73 Å². The van der Waals surface area contributed by atoms with Crippen LogP contribution in [0.3, 0.4) is 0 Å². The number of hydrogen-bond donors (Lipinski definition) is 2. The summed E-state index contributed by atoms with van der Waals surface area (Å²) in [5, 5.41) is 10.8. The number of nitrogens with two attached hydrogens (primary N) is 1. The van der Waals surface area contributed by atoms with Crippen molar-refractivity contribution in [1.82, 2.24) is 4.90 Å². The van der Waals surface area contributed by atoms with Gasteiger partial charge in [0.2, 0.25) is 0 Å². The minimum Gasteiger partial charge on any atom is -0.388 e. The van der Waals surface area contributed by atoms with Gasteiger partial charge in [0.1, 0.15) is 0 Å². The van der Waals surface area contributed by atoms with Gasteiger partial charge in [-0.25, -0.2) is 0 Å². The van der Waals surface area contributed by atoms with Crippen molar-refractivity contribution in [3.05, 3.63) is 0 Å². The van der Waals surface area contributed by atoms with Gasteiger partial charge in [0.05, 0.1) is 11.1 Å². The molecule has 0 spiro atoms. The van der Waals surface area contributed by atoms with E-state index in [1.54, 1.807) is 0 Å². The Kier molecular flexibility index (Phi) is 3.31. The average molecular weight is 230 g/mol. The lowest BCUT2D eigenvalue weighted by Gasteiger charge is -2.41. The molecule has 2 aliphatic heterocycles. The van der Waals surface area contributed by atoms with Crippen LogP contribution in [0.2, 0.25) is 0 Å². The summed E-state index contributed by atoms with van der Waals surface area (Å²) in [4.78, 5) is 2.30. The van der Waals surface area contributed by atoms with Crippen molar-refractivity contribution in [2.24, 2.45) is 5.73 Å². The van der Waals surface area contributed by atoms with Crippen LogP contribution in [0, 0.1) is 0 Å². The summed E-state index contributed by atoms with van der Waals surface area (Å²) in [6.45, 7) is 2.06. The van der Waals surface area contributed by atoms with E-state index in [-0.39, 0.29) is 5.54 Å². The molecule has 0 amide bonds. The monoisotopic (exact) mass is 230 g/mol. The maximum Gasteiger partial charge on any atom is 0.0847 e. The number of likely N-dealkylation sites (tertiary alicyclic amines) is 1. The number of aliphatic hydroxyl groups is 1. The third-order valence-electron chi connectivity index (χ3n) is 4.02. The molecule has 0 saturated carbocycles. The minimum absolute atomic E-state index is 0.331. The molecular weight excluding hydrogens is 208 g/mol. The Morgan fingerprint density at radius 2 is 2.07 bits per heavy atom. The Hall–Kier alpha value is 0.230. The van der Waals surface area contributed by atoms with Gasteiger partial charge in [-0.05, 0) is 45.0 Å². The van der Waals surface area contributed by atoms with Crippen molar-refractivity contribution < 1.29 is 5.11 Å². The zero-order chi connectivity index (χ0) is 10.9. The second-order valence-electron chi connectivity index (χ2n) is 5.15. The van der Waals surface area contributed by atoms with E-state index < -0.39 is 5.60 Å². The highest BCUT2D eigenvalue weighted by Crippen LogP contribution is 2.40. The summed E-state index contributed by atoms with van der Waals surface area (Å²) in [7, 11) is 2.12. The molecule has 2 heterocycles. The van der Waals surface area contributed by atoms with Crippen molar-refractivity contribution in [2.75, 3.05) is 31.6 Å². The highest BCUT2D eigenvalue weighted by Gasteiger charge is 2.49. The number of nitrogens with zero attached hydrogens (tertiary/aromatic N) is 1.